The Morgan fingerprint density at radius 3 is 2.55 bits per heavy atom. The molecule has 0 aliphatic heterocycles. The van der Waals surface area contributed by atoms with Crippen LogP contribution in [0.25, 0.3) is 0 Å². The van der Waals surface area contributed by atoms with Gasteiger partial charge in [-0.1, -0.05) is 32.0 Å². The highest BCUT2D eigenvalue weighted by atomic mass is 16.5. The van der Waals surface area contributed by atoms with Crippen molar-refractivity contribution in [3.8, 4) is 5.75 Å². The van der Waals surface area contributed by atoms with Crippen LogP contribution in [0.5, 0.6) is 5.75 Å². The first kappa shape index (κ1) is 17.0. The predicted molar refractivity (Wildman–Crippen MR) is 84.2 cm³/mol. The third-order valence-electron chi connectivity index (χ3n) is 3.31. The predicted octanol–water partition coefficient (Wildman–Crippen LogP) is 3.68. The summed E-state index contributed by atoms with van der Waals surface area (Å²) in [7, 11) is 0. The van der Waals surface area contributed by atoms with Crippen LogP contribution in [0.15, 0.2) is 24.3 Å². The lowest BCUT2D eigenvalue weighted by atomic mass is 10.0. The lowest BCUT2D eigenvalue weighted by Gasteiger charge is -2.22. The van der Waals surface area contributed by atoms with E-state index in [1.165, 1.54) is 5.56 Å². The molecule has 114 valence electrons. The van der Waals surface area contributed by atoms with Crippen LogP contribution in [0.3, 0.4) is 0 Å². The number of ether oxygens (including phenoxy) is 1. The van der Waals surface area contributed by atoms with Gasteiger partial charge in [0.2, 0.25) is 0 Å². The molecule has 0 aromatic heterocycles. The summed E-state index contributed by atoms with van der Waals surface area (Å²) in [5.41, 5.74) is 0.527. The topological polar surface area (TPSA) is 41.5 Å². The smallest absolute Gasteiger partial charge is 0.124 e. The van der Waals surface area contributed by atoms with E-state index >= 15 is 0 Å². The fraction of sp³-hybridized carbons (Fsp3) is 0.647. The van der Waals surface area contributed by atoms with E-state index in [2.05, 4.69) is 31.3 Å². The summed E-state index contributed by atoms with van der Waals surface area (Å²) >= 11 is 0. The molecule has 0 amide bonds. The SMILES string of the molecule is CCCNC(CC)c1ccccc1OCCC(C)(C)O. The van der Waals surface area contributed by atoms with E-state index in [9.17, 15) is 5.11 Å². The highest BCUT2D eigenvalue weighted by molar-refractivity contribution is 5.35. The second-order valence-corrected chi connectivity index (χ2v) is 5.86. The Morgan fingerprint density at radius 1 is 1.25 bits per heavy atom. The van der Waals surface area contributed by atoms with Crippen LogP contribution in [0, 0.1) is 0 Å². The standard InChI is InChI=1S/C17H29NO2/c1-5-12-18-15(6-2)14-9-7-8-10-16(14)20-13-11-17(3,4)19/h7-10,15,18-19H,5-6,11-13H2,1-4H3. The Labute approximate surface area is 123 Å². The second kappa shape index (κ2) is 8.28. The van der Waals surface area contributed by atoms with Gasteiger partial charge in [0.05, 0.1) is 12.2 Å². The molecule has 1 aromatic rings. The number of aliphatic hydroxyl groups is 1. The fourth-order valence-corrected chi connectivity index (χ4v) is 2.10. The van der Waals surface area contributed by atoms with Crippen molar-refractivity contribution in [3.05, 3.63) is 29.8 Å². The molecule has 0 bridgehead atoms. The molecule has 0 fully saturated rings. The van der Waals surface area contributed by atoms with Gasteiger partial charge in [-0.2, -0.15) is 0 Å². The molecule has 20 heavy (non-hydrogen) atoms. The Bertz CT molecular complexity index is 385. The van der Waals surface area contributed by atoms with Crippen LogP contribution < -0.4 is 10.1 Å². The van der Waals surface area contributed by atoms with Crippen LogP contribution >= 0.6 is 0 Å². The first-order valence-corrected chi connectivity index (χ1v) is 7.65. The highest BCUT2D eigenvalue weighted by Gasteiger charge is 2.15. The van der Waals surface area contributed by atoms with Gasteiger partial charge in [-0.3, -0.25) is 0 Å². The molecule has 0 saturated heterocycles. The van der Waals surface area contributed by atoms with Gasteiger partial charge in [0.1, 0.15) is 5.75 Å². The quantitative estimate of drug-likeness (QED) is 0.724. The molecule has 1 rings (SSSR count). The van der Waals surface area contributed by atoms with E-state index in [1.807, 2.05) is 12.1 Å². The highest BCUT2D eigenvalue weighted by Crippen LogP contribution is 2.27. The zero-order chi connectivity index (χ0) is 15.0. The van der Waals surface area contributed by atoms with E-state index in [-0.39, 0.29) is 0 Å². The summed E-state index contributed by atoms with van der Waals surface area (Å²) in [5, 5.41) is 13.3. The van der Waals surface area contributed by atoms with Gasteiger partial charge in [0, 0.05) is 18.0 Å². The molecule has 0 aliphatic rings. The van der Waals surface area contributed by atoms with E-state index in [0.717, 1.165) is 25.1 Å². The second-order valence-electron chi connectivity index (χ2n) is 5.86. The third-order valence-corrected chi connectivity index (χ3v) is 3.31. The van der Waals surface area contributed by atoms with E-state index in [0.29, 0.717) is 19.1 Å². The minimum absolute atomic E-state index is 0.327. The van der Waals surface area contributed by atoms with Crippen molar-refractivity contribution in [2.24, 2.45) is 0 Å². The van der Waals surface area contributed by atoms with Gasteiger partial charge in [-0.05, 0) is 39.3 Å². The van der Waals surface area contributed by atoms with Crippen molar-refractivity contribution in [1.29, 1.82) is 0 Å². The normalized spacial score (nSPS) is 13.2. The lowest BCUT2D eigenvalue weighted by Crippen LogP contribution is -2.24. The number of hydrogen-bond donors (Lipinski definition) is 2. The van der Waals surface area contributed by atoms with Gasteiger partial charge < -0.3 is 15.2 Å². The average molecular weight is 279 g/mol. The van der Waals surface area contributed by atoms with Crippen molar-refractivity contribution in [2.45, 2.75) is 58.6 Å². The summed E-state index contributed by atoms with van der Waals surface area (Å²) in [6.45, 7) is 9.51. The summed E-state index contributed by atoms with van der Waals surface area (Å²) < 4.78 is 5.88. The van der Waals surface area contributed by atoms with Crippen LogP contribution in [0.2, 0.25) is 0 Å². The zero-order valence-corrected chi connectivity index (χ0v) is 13.3. The maximum absolute atomic E-state index is 9.74. The van der Waals surface area contributed by atoms with Crippen LogP contribution in [-0.4, -0.2) is 23.9 Å². The number of nitrogens with one attached hydrogen (secondary N) is 1. The summed E-state index contributed by atoms with van der Waals surface area (Å²) in [4.78, 5) is 0. The van der Waals surface area contributed by atoms with Crippen molar-refractivity contribution in [1.82, 2.24) is 5.32 Å². The van der Waals surface area contributed by atoms with E-state index in [4.69, 9.17) is 4.74 Å². The average Bonchev–Trinajstić information content (AvgIpc) is 2.39. The van der Waals surface area contributed by atoms with Gasteiger partial charge in [0.15, 0.2) is 0 Å². The molecule has 1 atom stereocenters. The number of hydrogen-bond acceptors (Lipinski definition) is 3. The first-order valence-electron chi connectivity index (χ1n) is 7.65. The molecule has 1 aromatic carbocycles. The molecule has 0 saturated carbocycles. The first-order chi connectivity index (χ1) is 9.48. The van der Waals surface area contributed by atoms with Gasteiger partial charge in [-0.15, -0.1) is 0 Å². The van der Waals surface area contributed by atoms with Gasteiger partial charge in [0.25, 0.3) is 0 Å². The van der Waals surface area contributed by atoms with Gasteiger partial charge >= 0.3 is 0 Å². The van der Waals surface area contributed by atoms with Gasteiger partial charge in [-0.25, -0.2) is 0 Å². The summed E-state index contributed by atoms with van der Waals surface area (Å²) in [6.07, 6.45) is 2.78. The molecule has 0 aliphatic carbocycles. The van der Waals surface area contributed by atoms with Crippen molar-refractivity contribution < 1.29 is 9.84 Å². The van der Waals surface area contributed by atoms with Crippen molar-refractivity contribution in [3.63, 3.8) is 0 Å². The molecule has 0 heterocycles. The van der Waals surface area contributed by atoms with Crippen LogP contribution in [0.1, 0.15) is 58.6 Å². The Morgan fingerprint density at radius 2 is 1.95 bits per heavy atom. The Hall–Kier alpha value is -1.06. The maximum atomic E-state index is 9.74. The molecule has 3 heteroatoms. The number of para-hydroxylation sites is 1. The maximum Gasteiger partial charge on any atom is 0.124 e. The molecule has 0 spiro atoms. The van der Waals surface area contributed by atoms with Crippen molar-refractivity contribution in [2.75, 3.05) is 13.2 Å². The monoisotopic (exact) mass is 279 g/mol. The Kier molecular flexibility index (Phi) is 7.03. The largest absolute Gasteiger partial charge is 0.493 e. The molecule has 3 nitrogen and oxygen atoms in total. The van der Waals surface area contributed by atoms with Crippen LogP contribution in [-0.2, 0) is 0 Å². The molecule has 2 N–H and O–H groups in total. The van der Waals surface area contributed by atoms with Crippen molar-refractivity contribution >= 4 is 0 Å². The Balaban J connectivity index is 2.71. The molecule has 1 unspecified atom stereocenters. The number of benzene rings is 1. The molecule has 0 radical (unpaired) electrons. The summed E-state index contributed by atoms with van der Waals surface area (Å²) in [5.74, 6) is 0.923. The fourth-order valence-electron chi connectivity index (χ4n) is 2.10. The minimum Gasteiger partial charge on any atom is -0.493 e. The van der Waals surface area contributed by atoms with Crippen LogP contribution in [0.4, 0.5) is 0 Å². The molecular formula is C17H29NO2. The lowest BCUT2D eigenvalue weighted by molar-refractivity contribution is 0.0551. The molecular weight excluding hydrogens is 250 g/mol. The zero-order valence-electron chi connectivity index (χ0n) is 13.3. The third kappa shape index (κ3) is 5.93. The van der Waals surface area contributed by atoms with E-state index < -0.39 is 5.60 Å². The minimum atomic E-state index is -0.681. The summed E-state index contributed by atoms with van der Waals surface area (Å²) in [6, 6.07) is 8.50. The van der Waals surface area contributed by atoms with E-state index in [1.54, 1.807) is 13.8 Å². The number of rotatable bonds is 9.